The molecule has 0 atom stereocenters. The van der Waals surface area contributed by atoms with Crippen molar-refractivity contribution in [2.75, 3.05) is 27.2 Å². The number of rotatable bonds is 7. The van der Waals surface area contributed by atoms with Crippen LogP contribution in [0, 0.1) is 6.92 Å². The predicted octanol–water partition coefficient (Wildman–Crippen LogP) is 3.36. The summed E-state index contributed by atoms with van der Waals surface area (Å²) >= 11 is 1.31. The fourth-order valence-corrected chi connectivity index (χ4v) is 5.05. The molecule has 1 N–H and O–H groups in total. The highest BCUT2D eigenvalue weighted by Gasteiger charge is 2.22. The van der Waals surface area contributed by atoms with Crippen molar-refractivity contribution in [2.24, 2.45) is 0 Å². The first-order chi connectivity index (χ1) is 15.4. The molecule has 3 heterocycles. The van der Waals surface area contributed by atoms with Gasteiger partial charge in [0.1, 0.15) is 23.0 Å². The second-order valence-corrected chi connectivity index (χ2v) is 9.51. The van der Waals surface area contributed by atoms with Crippen LogP contribution in [0.4, 0.5) is 0 Å². The van der Waals surface area contributed by atoms with Crippen molar-refractivity contribution in [1.29, 1.82) is 0 Å². The van der Waals surface area contributed by atoms with Crippen LogP contribution < -0.4 is 15.6 Å². The molecule has 0 aliphatic carbocycles. The average molecular weight is 455 g/mol. The predicted molar refractivity (Wildman–Crippen MR) is 128 cm³/mol. The summed E-state index contributed by atoms with van der Waals surface area (Å²) in [5, 5.41) is 3.57. The van der Waals surface area contributed by atoms with Gasteiger partial charge in [-0.1, -0.05) is 18.6 Å². The molecule has 0 unspecified atom stereocenters. The smallest absolute Gasteiger partial charge is 0.262 e. The van der Waals surface area contributed by atoms with Gasteiger partial charge in [-0.05, 0) is 57.1 Å². The van der Waals surface area contributed by atoms with Crippen LogP contribution in [0.1, 0.15) is 45.9 Å². The molecule has 2 aromatic heterocycles. The molecule has 4 rings (SSSR count). The summed E-state index contributed by atoms with van der Waals surface area (Å²) in [4.78, 5) is 34.0. The lowest BCUT2D eigenvalue weighted by molar-refractivity contribution is 0.0954. The maximum absolute atomic E-state index is 13.1. The highest BCUT2D eigenvalue weighted by atomic mass is 32.1. The second-order valence-electron chi connectivity index (χ2n) is 8.51. The lowest BCUT2D eigenvalue weighted by Crippen LogP contribution is -2.25. The van der Waals surface area contributed by atoms with E-state index in [1.165, 1.54) is 11.3 Å². The summed E-state index contributed by atoms with van der Waals surface area (Å²) in [6.07, 6.45) is 3.98. The molecule has 0 saturated heterocycles. The van der Waals surface area contributed by atoms with E-state index in [1.54, 1.807) is 4.57 Å². The molecule has 0 radical (unpaired) electrons. The standard InChI is InChI=1S/C24H30N4O3S/c1-16-20-23(26-19-7-5-4-6-12-28(19)24(20)30)32-21(16)22(29)25-15-17-8-10-18(11-9-17)31-14-13-27(2)3/h8-11H,4-7,12-15H2,1-3H3,(H,25,29). The van der Waals surface area contributed by atoms with Crippen LogP contribution in [0.15, 0.2) is 29.1 Å². The van der Waals surface area contributed by atoms with Crippen molar-refractivity contribution in [1.82, 2.24) is 19.8 Å². The fourth-order valence-electron chi connectivity index (χ4n) is 3.94. The number of aryl methyl sites for hydroxylation is 2. The topological polar surface area (TPSA) is 76.5 Å². The van der Waals surface area contributed by atoms with Crippen LogP contribution in [-0.4, -0.2) is 47.6 Å². The molecular weight excluding hydrogens is 424 g/mol. The molecule has 32 heavy (non-hydrogen) atoms. The molecule has 0 saturated carbocycles. The molecule has 0 bridgehead atoms. The largest absolute Gasteiger partial charge is 0.492 e. The van der Waals surface area contributed by atoms with Gasteiger partial charge in [-0.3, -0.25) is 14.2 Å². The number of aromatic nitrogens is 2. The third-order valence-electron chi connectivity index (χ3n) is 5.80. The molecule has 3 aromatic rings. The van der Waals surface area contributed by atoms with Crippen LogP contribution in [0.5, 0.6) is 5.75 Å². The van der Waals surface area contributed by atoms with Crippen LogP contribution >= 0.6 is 11.3 Å². The Bertz CT molecular complexity index is 1160. The van der Waals surface area contributed by atoms with Gasteiger partial charge in [0.05, 0.1) is 10.3 Å². The normalized spacial score (nSPS) is 13.8. The molecule has 0 spiro atoms. The van der Waals surface area contributed by atoms with E-state index in [0.717, 1.165) is 54.9 Å². The Morgan fingerprint density at radius 2 is 2.00 bits per heavy atom. The van der Waals surface area contributed by atoms with Gasteiger partial charge in [0.15, 0.2) is 0 Å². The number of likely N-dealkylation sites (N-methyl/N-ethyl adjacent to an activating group) is 1. The SMILES string of the molecule is Cc1c(C(=O)NCc2ccc(OCCN(C)C)cc2)sc2nc3n(c(=O)c12)CCCCC3. The van der Waals surface area contributed by atoms with Crippen molar-refractivity contribution in [3.05, 3.63) is 56.4 Å². The van der Waals surface area contributed by atoms with E-state index in [1.807, 2.05) is 45.3 Å². The Kier molecular flexibility index (Phi) is 6.91. The Hall–Kier alpha value is -2.71. The van der Waals surface area contributed by atoms with Gasteiger partial charge >= 0.3 is 0 Å². The number of fused-ring (bicyclic) bond motifs is 2. The number of amides is 1. The van der Waals surface area contributed by atoms with Crippen molar-refractivity contribution < 1.29 is 9.53 Å². The minimum Gasteiger partial charge on any atom is -0.492 e. The van der Waals surface area contributed by atoms with Gasteiger partial charge in [-0.2, -0.15) is 0 Å². The Morgan fingerprint density at radius 1 is 1.22 bits per heavy atom. The lowest BCUT2D eigenvalue weighted by atomic mass is 10.2. The Labute approximate surface area is 192 Å². The number of hydrogen-bond acceptors (Lipinski definition) is 6. The Morgan fingerprint density at radius 3 is 2.75 bits per heavy atom. The van der Waals surface area contributed by atoms with Crippen molar-refractivity contribution in [3.8, 4) is 5.75 Å². The number of benzene rings is 1. The molecule has 7 nitrogen and oxygen atoms in total. The molecule has 0 fully saturated rings. The van der Waals surface area contributed by atoms with Crippen molar-refractivity contribution in [2.45, 2.75) is 45.7 Å². The van der Waals surface area contributed by atoms with Crippen LogP contribution in [0.2, 0.25) is 0 Å². The maximum atomic E-state index is 13.1. The third-order valence-corrected chi connectivity index (χ3v) is 6.99. The van der Waals surface area contributed by atoms with Crippen molar-refractivity contribution >= 4 is 27.5 Å². The summed E-state index contributed by atoms with van der Waals surface area (Å²) < 4.78 is 7.52. The number of thiophene rings is 1. The number of ether oxygens (including phenoxy) is 1. The van der Waals surface area contributed by atoms with Gasteiger partial charge in [0.25, 0.3) is 11.5 Å². The zero-order valence-corrected chi connectivity index (χ0v) is 19.8. The minimum atomic E-state index is -0.170. The molecule has 1 amide bonds. The first kappa shape index (κ1) is 22.5. The van der Waals surface area contributed by atoms with E-state index >= 15 is 0 Å². The van der Waals surface area contributed by atoms with E-state index in [-0.39, 0.29) is 11.5 Å². The molecule has 1 aliphatic rings. The number of nitrogens with zero attached hydrogens (tertiary/aromatic N) is 3. The number of carbonyl (C=O) groups is 1. The number of hydrogen-bond donors (Lipinski definition) is 1. The first-order valence-corrected chi connectivity index (χ1v) is 11.9. The molecule has 8 heteroatoms. The molecule has 170 valence electrons. The number of nitrogens with one attached hydrogen (secondary N) is 1. The monoisotopic (exact) mass is 454 g/mol. The fraction of sp³-hybridized carbons (Fsp3) is 0.458. The van der Waals surface area contributed by atoms with E-state index in [9.17, 15) is 9.59 Å². The quantitative estimate of drug-likeness (QED) is 0.592. The van der Waals surface area contributed by atoms with Gasteiger partial charge in [-0.25, -0.2) is 4.98 Å². The van der Waals surface area contributed by atoms with Crippen LogP contribution in [0.3, 0.4) is 0 Å². The van der Waals surface area contributed by atoms with Crippen molar-refractivity contribution in [3.63, 3.8) is 0 Å². The summed E-state index contributed by atoms with van der Waals surface area (Å²) in [5.41, 5.74) is 1.70. The third kappa shape index (κ3) is 4.86. The van der Waals surface area contributed by atoms with Gasteiger partial charge < -0.3 is 15.0 Å². The summed E-state index contributed by atoms with van der Waals surface area (Å²) in [6.45, 7) is 4.45. The van der Waals surface area contributed by atoms with E-state index < -0.39 is 0 Å². The first-order valence-electron chi connectivity index (χ1n) is 11.1. The zero-order valence-electron chi connectivity index (χ0n) is 18.9. The molecular formula is C24H30N4O3S. The van der Waals surface area contributed by atoms with Gasteiger partial charge in [-0.15, -0.1) is 11.3 Å². The zero-order chi connectivity index (χ0) is 22.7. The van der Waals surface area contributed by atoms with E-state index in [0.29, 0.717) is 34.8 Å². The van der Waals surface area contributed by atoms with E-state index in [2.05, 4.69) is 10.2 Å². The summed E-state index contributed by atoms with van der Waals surface area (Å²) in [7, 11) is 4.02. The lowest BCUT2D eigenvalue weighted by Gasteiger charge is -2.11. The highest BCUT2D eigenvalue weighted by molar-refractivity contribution is 7.20. The van der Waals surface area contributed by atoms with Gasteiger partial charge in [0, 0.05) is 26.1 Å². The second kappa shape index (κ2) is 9.83. The summed E-state index contributed by atoms with van der Waals surface area (Å²) in [5.74, 6) is 1.49. The molecule has 1 aliphatic heterocycles. The van der Waals surface area contributed by atoms with E-state index in [4.69, 9.17) is 9.72 Å². The van der Waals surface area contributed by atoms with Gasteiger partial charge in [0.2, 0.25) is 0 Å². The maximum Gasteiger partial charge on any atom is 0.262 e. The Balaban J connectivity index is 1.45. The number of carbonyl (C=O) groups excluding carboxylic acids is 1. The van der Waals surface area contributed by atoms with Crippen LogP contribution in [-0.2, 0) is 19.5 Å². The average Bonchev–Trinajstić information content (AvgIpc) is 2.94. The summed E-state index contributed by atoms with van der Waals surface area (Å²) in [6, 6.07) is 7.74. The minimum absolute atomic E-state index is 0.00967. The highest BCUT2D eigenvalue weighted by Crippen LogP contribution is 2.28. The van der Waals surface area contributed by atoms with Crippen LogP contribution in [0.25, 0.3) is 10.2 Å². The molecule has 1 aromatic carbocycles.